The fraction of sp³-hybridized carbons (Fsp3) is 0.417. The van der Waals surface area contributed by atoms with Gasteiger partial charge in [-0.3, -0.25) is 9.59 Å². The molecule has 29 heavy (non-hydrogen) atoms. The molecule has 154 valence electrons. The standard InChI is InChI=1S/C24H30N2O3/c1-18-3-5-19(6-4-18)9-12-24(28)26-15-13-21(14-16-26)25-23(27)17-20-7-10-22(29-2)11-8-20/h3-8,10-11,21H,9,12-17H2,1-2H3,(H,25,27). The molecule has 1 fully saturated rings. The highest BCUT2D eigenvalue weighted by molar-refractivity contribution is 5.79. The van der Waals surface area contributed by atoms with E-state index in [-0.39, 0.29) is 17.9 Å². The highest BCUT2D eigenvalue weighted by atomic mass is 16.5. The van der Waals surface area contributed by atoms with Crippen LogP contribution in [0.5, 0.6) is 5.75 Å². The molecule has 0 unspecified atom stereocenters. The quantitative estimate of drug-likeness (QED) is 0.784. The average Bonchev–Trinajstić information content (AvgIpc) is 2.74. The second-order valence-electron chi connectivity index (χ2n) is 7.73. The van der Waals surface area contributed by atoms with Crippen LogP contribution in [0.1, 0.15) is 36.0 Å². The maximum absolute atomic E-state index is 12.5. The van der Waals surface area contributed by atoms with E-state index in [2.05, 4.69) is 36.5 Å². The van der Waals surface area contributed by atoms with Gasteiger partial charge in [0.25, 0.3) is 0 Å². The van der Waals surface area contributed by atoms with Gasteiger partial charge < -0.3 is 15.0 Å². The van der Waals surface area contributed by atoms with Gasteiger partial charge >= 0.3 is 0 Å². The van der Waals surface area contributed by atoms with Crippen LogP contribution >= 0.6 is 0 Å². The van der Waals surface area contributed by atoms with E-state index in [1.165, 1.54) is 11.1 Å². The molecule has 3 rings (SSSR count). The Bertz CT molecular complexity index is 807. The van der Waals surface area contributed by atoms with Crippen LogP contribution in [-0.4, -0.2) is 43.0 Å². The second kappa shape index (κ2) is 10.1. The highest BCUT2D eigenvalue weighted by Crippen LogP contribution is 2.15. The van der Waals surface area contributed by atoms with Crippen LogP contribution in [0.25, 0.3) is 0 Å². The average molecular weight is 395 g/mol. The molecule has 1 aliphatic rings. The summed E-state index contributed by atoms with van der Waals surface area (Å²) in [5, 5.41) is 3.11. The van der Waals surface area contributed by atoms with Gasteiger partial charge in [-0.05, 0) is 49.4 Å². The van der Waals surface area contributed by atoms with Crippen molar-refractivity contribution in [3.8, 4) is 5.75 Å². The van der Waals surface area contributed by atoms with E-state index in [1.807, 2.05) is 29.2 Å². The van der Waals surface area contributed by atoms with Crippen LogP contribution in [0.2, 0.25) is 0 Å². The molecule has 5 heteroatoms. The van der Waals surface area contributed by atoms with Crippen molar-refractivity contribution in [3.63, 3.8) is 0 Å². The zero-order chi connectivity index (χ0) is 20.6. The van der Waals surface area contributed by atoms with Crippen LogP contribution in [0.4, 0.5) is 0 Å². The van der Waals surface area contributed by atoms with Crippen LogP contribution in [0, 0.1) is 6.92 Å². The summed E-state index contributed by atoms with van der Waals surface area (Å²) < 4.78 is 5.14. The third-order valence-corrected chi connectivity index (χ3v) is 5.48. The molecule has 0 atom stereocenters. The van der Waals surface area contributed by atoms with E-state index in [0.717, 1.165) is 30.6 Å². The topological polar surface area (TPSA) is 58.6 Å². The number of hydrogen-bond acceptors (Lipinski definition) is 3. The number of nitrogens with zero attached hydrogens (tertiary/aromatic N) is 1. The molecule has 1 saturated heterocycles. The Morgan fingerprint density at radius 3 is 2.24 bits per heavy atom. The lowest BCUT2D eigenvalue weighted by molar-refractivity contribution is -0.132. The van der Waals surface area contributed by atoms with Crippen molar-refractivity contribution >= 4 is 11.8 Å². The minimum Gasteiger partial charge on any atom is -0.497 e. The maximum atomic E-state index is 12.5. The van der Waals surface area contributed by atoms with Gasteiger partial charge in [-0.2, -0.15) is 0 Å². The molecule has 0 spiro atoms. The van der Waals surface area contributed by atoms with Gasteiger partial charge in [0, 0.05) is 25.6 Å². The molecule has 2 aromatic rings. The Kier molecular flexibility index (Phi) is 7.28. The molecule has 0 saturated carbocycles. The Morgan fingerprint density at radius 1 is 1.00 bits per heavy atom. The lowest BCUT2D eigenvalue weighted by Crippen LogP contribution is -2.46. The number of ether oxygens (including phenoxy) is 1. The molecule has 2 amide bonds. The first-order valence-corrected chi connectivity index (χ1v) is 10.3. The number of methoxy groups -OCH3 is 1. The lowest BCUT2D eigenvalue weighted by atomic mass is 10.0. The molecule has 0 radical (unpaired) electrons. The first-order valence-electron chi connectivity index (χ1n) is 10.3. The van der Waals surface area contributed by atoms with Gasteiger partial charge in [0.05, 0.1) is 13.5 Å². The van der Waals surface area contributed by atoms with Gasteiger partial charge in [-0.15, -0.1) is 0 Å². The summed E-state index contributed by atoms with van der Waals surface area (Å²) in [5.41, 5.74) is 3.40. The first kappa shape index (κ1) is 20.9. The summed E-state index contributed by atoms with van der Waals surface area (Å²) >= 11 is 0. The van der Waals surface area contributed by atoms with Gasteiger partial charge in [0.2, 0.25) is 11.8 Å². The number of carbonyl (C=O) groups is 2. The summed E-state index contributed by atoms with van der Waals surface area (Å²) in [7, 11) is 1.63. The third-order valence-electron chi connectivity index (χ3n) is 5.48. The van der Waals surface area contributed by atoms with Crippen LogP contribution < -0.4 is 10.1 Å². The fourth-order valence-electron chi connectivity index (χ4n) is 3.64. The number of rotatable bonds is 7. The van der Waals surface area contributed by atoms with Crippen molar-refractivity contribution in [1.29, 1.82) is 0 Å². The fourth-order valence-corrected chi connectivity index (χ4v) is 3.64. The van der Waals surface area contributed by atoms with E-state index in [9.17, 15) is 9.59 Å². The molecule has 0 bridgehead atoms. The zero-order valence-electron chi connectivity index (χ0n) is 17.3. The van der Waals surface area contributed by atoms with E-state index >= 15 is 0 Å². The monoisotopic (exact) mass is 394 g/mol. The zero-order valence-corrected chi connectivity index (χ0v) is 17.3. The summed E-state index contributed by atoms with van der Waals surface area (Å²) in [4.78, 5) is 26.7. The number of likely N-dealkylation sites (tertiary alicyclic amines) is 1. The van der Waals surface area contributed by atoms with E-state index in [0.29, 0.717) is 25.9 Å². The molecular weight excluding hydrogens is 364 g/mol. The van der Waals surface area contributed by atoms with E-state index in [1.54, 1.807) is 7.11 Å². The molecule has 0 aromatic heterocycles. The Morgan fingerprint density at radius 2 is 1.62 bits per heavy atom. The Balaban J connectivity index is 1.38. The number of hydrogen-bond donors (Lipinski definition) is 1. The molecule has 0 aliphatic carbocycles. The molecule has 1 aliphatic heterocycles. The van der Waals surface area contributed by atoms with Gasteiger partial charge in [-0.1, -0.05) is 42.0 Å². The Hall–Kier alpha value is -2.82. The van der Waals surface area contributed by atoms with Gasteiger partial charge in [0.1, 0.15) is 5.75 Å². The van der Waals surface area contributed by atoms with Crippen LogP contribution in [-0.2, 0) is 22.4 Å². The van der Waals surface area contributed by atoms with Crippen LogP contribution in [0.3, 0.4) is 0 Å². The number of benzene rings is 2. The Labute approximate surface area is 173 Å². The molecule has 1 heterocycles. The summed E-state index contributed by atoms with van der Waals surface area (Å²) in [6, 6.07) is 16.0. The van der Waals surface area contributed by atoms with Gasteiger partial charge in [0.15, 0.2) is 0 Å². The van der Waals surface area contributed by atoms with Crippen molar-refractivity contribution in [1.82, 2.24) is 10.2 Å². The minimum absolute atomic E-state index is 0.0271. The SMILES string of the molecule is COc1ccc(CC(=O)NC2CCN(C(=O)CCc3ccc(C)cc3)CC2)cc1. The maximum Gasteiger partial charge on any atom is 0.224 e. The largest absolute Gasteiger partial charge is 0.497 e. The third kappa shape index (κ3) is 6.34. The van der Waals surface area contributed by atoms with Gasteiger partial charge in [-0.25, -0.2) is 0 Å². The predicted octanol–water partition coefficient (Wildman–Crippen LogP) is 3.29. The highest BCUT2D eigenvalue weighted by Gasteiger charge is 2.23. The summed E-state index contributed by atoms with van der Waals surface area (Å²) in [6.07, 6.45) is 3.30. The molecular formula is C24H30N2O3. The number of carbonyl (C=O) groups excluding carboxylic acids is 2. The molecule has 2 aromatic carbocycles. The predicted molar refractivity (Wildman–Crippen MR) is 114 cm³/mol. The van der Waals surface area contributed by atoms with Crippen molar-refractivity contribution in [2.45, 2.75) is 45.1 Å². The number of nitrogens with one attached hydrogen (secondary N) is 1. The van der Waals surface area contributed by atoms with E-state index < -0.39 is 0 Å². The normalized spacial score (nSPS) is 14.5. The van der Waals surface area contributed by atoms with Crippen molar-refractivity contribution in [2.75, 3.05) is 20.2 Å². The number of aryl methyl sites for hydroxylation is 2. The van der Waals surface area contributed by atoms with Crippen molar-refractivity contribution < 1.29 is 14.3 Å². The van der Waals surface area contributed by atoms with Crippen molar-refractivity contribution in [3.05, 3.63) is 65.2 Å². The molecule has 1 N–H and O–H groups in total. The number of piperidine rings is 1. The van der Waals surface area contributed by atoms with E-state index in [4.69, 9.17) is 4.74 Å². The second-order valence-corrected chi connectivity index (χ2v) is 7.73. The summed E-state index contributed by atoms with van der Waals surface area (Å²) in [5.74, 6) is 1.02. The van der Waals surface area contributed by atoms with Crippen molar-refractivity contribution in [2.24, 2.45) is 0 Å². The first-order chi connectivity index (χ1) is 14.0. The van der Waals surface area contributed by atoms with Crippen LogP contribution in [0.15, 0.2) is 48.5 Å². The lowest BCUT2D eigenvalue weighted by Gasteiger charge is -2.32. The minimum atomic E-state index is 0.0271. The smallest absolute Gasteiger partial charge is 0.224 e. The number of amides is 2. The molecule has 5 nitrogen and oxygen atoms in total. The summed E-state index contributed by atoms with van der Waals surface area (Å²) in [6.45, 7) is 3.48.